The summed E-state index contributed by atoms with van der Waals surface area (Å²) in [5.41, 5.74) is -0.0582. The molecule has 0 unspecified atom stereocenters. The van der Waals surface area contributed by atoms with Gasteiger partial charge in [0, 0.05) is 37.4 Å². The molecular formula is C18H23N5O3S. The Morgan fingerprint density at radius 1 is 1.33 bits per heavy atom. The van der Waals surface area contributed by atoms with Crippen LogP contribution in [0, 0.1) is 5.92 Å². The third kappa shape index (κ3) is 3.09. The molecule has 1 spiro atoms. The Balaban J connectivity index is 1.42. The lowest BCUT2D eigenvalue weighted by Gasteiger charge is -2.42. The molecule has 2 aliphatic rings. The SMILES string of the molecule is CC(C)CN1C(=O)NC(=O)C12CCN(C(=O)Cc1cn3ccsc3n1)CC2. The van der Waals surface area contributed by atoms with Crippen molar-refractivity contribution in [2.75, 3.05) is 19.6 Å². The molecule has 144 valence electrons. The van der Waals surface area contributed by atoms with E-state index in [1.165, 1.54) is 11.3 Å². The maximum absolute atomic E-state index is 12.7. The zero-order valence-electron chi connectivity index (χ0n) is 15.5. The van der Waals surface area contributed by atoms with Gasteiger partial charge in [0.15, 0.2) is 4.96 Å². The molecular weight excluding hydrogens is 366 g/mol. The van der Waals surface area contributed by atoms with Gasteiger partial charge in [-0.3, -0.25) is 19.3 Å². The quantitative estimate of drug-likeness (QED) is 0.803. The molecule has 2 aliphatic heterocycles. The molecule has 0 bridgehead atoms. The number of thiazole rings is 1. The minimum Gasteiger partial charge on any atom is -0.342 e. The molecule has 0 aromatic carbocycles. The van der Waals surface area contributed by atoms with Crippen LogP contribution in [-0.4, -0.2) is 62.2 Å². The number of imidazole rings is 1. The molecule has 2 aromatic rings. The molecule has 2 aromatic heterocycles. The third-order valence-electron chi connectivity index (χ3n) is 5.37. The molecule has 2 saturated heterocycles. The number of carbonyl (C=O) groups excluding carboxylic acids is 3. The highest BCUT2D eigenvalue weighted by molar-refractivity contribution is 7.15. The van der Waals surface area contributed by atoms with E-state index in [-0.39, 0.29) is 30.2 Å². The maximum atomic E-state index is 12.7. The second-order valence-corrected chi connectivity index (χ2v) is 8.55. The van der Waals surface area contributed by atoms with E-state index in [1.807, 2.05) is 36.0 Å². The van der Waals surface area contributed by atoms with E-state index in [0.29, 0.717) is 32.5 Å². The van der Waals surface area contributed by atoms with E-state index >= 15 is 0 Å². The summed E-state index contributed by atoms with van der Waals surface area (Å²) in [6.07, 6.45) is 5.00. The van der Waals surface area contributed by atoms with Crippen LogP contribution in [0.15, 0.2) is 17.8 Å². The molecule has 8 nitrogen and oxygen atoms in total. The van der Waals surface area contributed by atoms with Crippen molar-refractivity contribution in [2.45, 2.75) is 38.6 Å². The van der Waals surface area contributed by atoms with Crippen molar-refractivity contribution in [3.63, 3.8) is 0 Å². The zero-order chi connectivity index (χ0) is 19.2. The molecule has 0 saturated carbocycles. The summed E-state index contributed by atoms with van der Waals surface area (Å²) < 4.78 is 1.91. The van der Waals surface area contributed by atoms with Gasteiger partial charge in [0.25, 0.3) is 5.91 Å². The number of hydrogen-bond donors (Lipinski definition) is 1. The summed E-state index contributed by atoms with van der Waals surface area (Å²) in [4.78, 5) is 46.2. The summed E-state index contributed by atoms with van der Waals surface area (Å²) >= 11 is 1.53. The standard InChI is InChI=1S/C18H23N5O3S/c1-12(2)10-23-16(26)20-15(25)18(23)3-5-21(6-4-18)14(24)9-13-11-22-7-8-27-17(22)19-13/h7-8,11-12H,3-6,9-10H2,1-2H3,(H,20,25,26). The summed E-state index contributed by atoms with van der Waals surface area (Å²) in [6.45, 7) is 5.53. The number of rotatable bonds is 4. The highest BCUT2D eigenvalue weighted by Crippen LogP contribution is 2.34. The van der Waals surface area contributed by atoms with Crippen molar-refractivity contribution in [1.29, 1.82) is 0 Å². The van der Waals surface area contributed by atoms with Crippen LogP contribution in [-0.2, 0) is 16.0 Å². The topological polar surface area (TPSA) is 87.0 Å². The first-order valence-corrected chi connectivity index (χ1v) is 10.1. The first-order valence-electron chi connectivity index (χ1n) is 9.21. The molecule has 4 heterocycles. The number of likely N-dealkylation sites (tertiary alicyclic amines) is 1. The van der Waals surface area contributed by atoms with Crippen LogP contribution in [0.2, 0.25) is 0 Å². The molecule has 9 heteroatoms. The van der Waals surface area contributed by atoms with Crippen LogP contribution >= 0.6 is 11.3 Å². The van der Waals surface area contributed by atoms with E-state index in [2.05, 4.69) is 10.3 Å². The number of piperidine rings is 1. The first kappa shape index (κ1) is 18.0. The third-order valence-corrected chi connectivity index (χ3v) is 6.14. The lowest BCUT2D eigenvalue weighted by molar-refractivity contribution is -0.137. The number of aromatic nitrogens is 2. The van der Waals surface area contributed by atoms with Crippen LogP contribution in [0.5, 0.6) is 0 Å². The van der Waals surface area contributed by atoms with Crippen LogP contribution in [0.3, 0.4) is 0 Å². The Morgan fingerprint density at radius 2 is 2.07 bits per heavy atom. The Hall–Kier alpha value is -2.42. The van der Waals surface area contributed by atoms with Crippen LogP contribution < -0.4 is 5.32 Å². The highest BCUT2D eigenvalue weighted by atomic mass is 32.1. The monoisotopic (exact) mass is 389 g/mol. The lowest BCUT2D eigenvalue weighted by atomic mass is 9.85. The van der Waals surface area contributed by atoms with Gasteiger partial charge >= 0.3 is 6.03 Å². The van der Waals surface area contributed by atoms with Crippen LogP contribution in [0.25, 0.3) is 4.96 Å². The minimum absolute atomic E-state index is 0.00995. The first-order chi connectivity index (χ1) is 12.9. The van der Waals surface area contributed by atoms with E-state index in [9.17, 15) is 14.4 Å². The summed E-state index contributed by atoms with van der Waals surface area (Å²) in [7, 11) is 0. The van der Waals surface area contributed by atoms with Gasteiger partial charge in [0.2, 0.25) is 5.91 Å². The number of nitrogens with one attached hydrogen (secondary N) is 1. The van der Waals surface area contributed by atoms with Crippen molar-refractivity contribution in [1.82, 2.24) is 24.5 Å². The minimum atomic E-state index is -0.810. The number of hydrogen-bond acceptors (Lipinski definition) is 5. The Bertz CT molecular complexity index is 865. The van der Waals surface area contributed by atoms with E-state index in [0.717, 1.165) is 10.7 Å². The molecule has 27 heavy (non-hydrogen) atoms. The number of urea groups is 1. The zero-order valence-corrected chi connectivity index (χ0v) is 16.3. The number of amides is 4. The van der Waals surface area contributed by atoms with Gasteiger partial charge in [-0.15, -0.1) is 11.3 Å². The van der Waals surface area contributed by atoms with Gasteiger partial charge in [0.05, 0.1) is 12.1 Å². The van der Waals surface area contributed by atoms with Gasteiger partial charge in [-0.2, -0.15) is 0 Å². The number of carbonyl (C=O) groups is 3. The van der Waals surface area contributed by atoms with Crippen LogP contribution in [0.1, 0.15) is 32.4 Å². The van der Waals surface area contributed by atoms with Crippen molar-refractivity contribution < 1.29 is 14.4 Å². The Kier molecular flexibility index (Phi) is 4.41. The fraction of sp³-hybridized carbons (Fsp3) is 0.556. The second-order valence-electron chi connectivity index (χ2n) is 7.68. The lowest BCUT2D eigenvalue weighted by Crippen LogP contribution is -2.58. The molecule has 1 N–H and O–H groups in total. The fourth-order valence-electron chi connectivity index (χ4n) is 3.97. The van der Waals surface area contributed by atoms with E-state index < -0.39 is 5.54 Å². The Labute approximate surface area is 161 Å². The van der Waals surface area contributed by atoms with Crippen molar-refractivity contribution >= 4 is 34.1 Å². The summed E-state index contributed by atoms with van der Waals surface area (Å²) in [6, 6.07) is -0.313. The van der Waals surface area contributed by atoms with Gasteiger partial charge < -0.3 is 9.80 Å². The normalized spacial score (nSPS) is 19.5. The van der Waals surface area contributed by atoms with Crippen molar-refractivity contribution in [3.05, 3.63) is 23.5 Å². The van der Waals surface area contributed by atoms with Gasteiger partial charge in [0.1, 0.15) is 5.54 Å². The number of fused-ring (bicyclic) bond motifs is 1. The molecule has 4 amide bonds. The predicted molar refractivity (Wildman–Crippen MR) is 100 cm³/mol. The summed E-state index contributed by atoms with van der Waals surface area (Å²) in [5.74, 6) is 0.0540. The fourth-order valence-corrected chi connectivity index (χ4v) is 4.69. The molecule has 0 atom stereocenters. The van der Waals surface area contributed by atoms with Gasteiger partial charge in [-0.05, 0) is 18.8 Å². The highest BCUT2D eigenvalue weighted by Gasteiger charge is 2.54. The van der Waals surface area contributed by atoms with Crippen molar-refractivity contribution in [2.24, 2.45) is 5.92 Å². The van der Waals surface area contributed by atoms with Gasteiger partial charge in [-0.1, -0.05) is 13.8 Å². The molecule has 0 radical (unpaired) electrons. The number of imide groups is 1. The Morgan fingerprint density at radius 3 is 2.74 bits per heavy atom. The largest absolute Gasteiger partial charge is 0.342 e. The van der Waals surface area contributed by atoms with Crippen LogP contribution in [0.4, 0.5) is 4.79 Å². The summed E-state index contributed by atoms with van der Waals surface area (Å²) in [5, 5.41) is 4.41. The average molecular weight is 389 g/mol. The smallest absolute Gasteiger partial charge is 0.325 e. The molecule has 2 fully saturated rings. The van der Waals surface area contributed by atoms with Gasteiger partial charge in [-0.25, -0.2) is 9.78 Å². The predicted octanol–water partition coefficient (Wildman–Crippen LogP) is 1.51. The average Bonchev–Trinajstić information content (AvgIpc) is 3.25. The maximum Gasteiger partial charge on any atom is 0.325 e. The number of nitrogens with zero attached hydrogens (tertiary/aromatic N) is 4. The molecule has 0 aliphatic carbocycles. The van der Waals surface area contributed by atoms with Crippen molar-refractivity contribution in [3.8, 4) is 0 Å². The molecule has 4 rings (SSSR count). The van der Waals surface area contributed by atoms with E-state index in [1.54, 1.807) is 9.80 Å². The second kappa shape index (κ2) is 6.63. The van der Waals surface area contributed by atoms with E-state index in [4.69, 9.17) is 0 Å².